The molecule has 0 saturated heterocycles. The Morgan fingerprint density at radius 3 is 2.83 bits per heavy atom. The number of para-hydroxylation sites is 1. The molecule has 5 nitrogen and oxygen atoms in total. The van der Waals surface area contributed by atoms with E-state index >= 15 is 0 Å². The van der Waals surface area contributed by atoms with E-state index in [0.717, 1.165) is 6.07 Å². The molecule has 2 aromatic rings. The van der Waals surface area contributed by atoms with E-state index in [2.05, 4.69) is 4.72 Å². The van der Waals surface area contributed by atoms with Gasteiger partial charge in [-0.05, 0) is 30.3 Å². The summed E-state index contributed by atoms with van der Waals surface area (Å²) in [7, 11) is -3.82. The topological polar surface area (TPSA) is 79.2 Å². The van der Waals surface area contributed by atoms with Crippen LogP contribution in [0.2, 0.25) is 0 Å². The minimum Gasteiger partial charge on any atom is -0.487 e. The van der Waals surface area contributed by atoms with Crippen molar-refractivity contribution >= 4 is 16.1 Å². The zero-order valence-corrected chi connectivity index (χ0v) is 13.3. The van der Waals surface area contributed by atoms with Gasteiger partial charge in [-0.1, -0.05) is 18.2 Å². The molecule has 0 unspecified atom stereocenters. The van der Waals surface area contributed by atoms with Crippen LogP contribution in [0, 0.1) is 17.1 Å². The highest BCUT2D eigenvalue weighted by atomic mass is 32.2. The normalized spacial score (nSPS) is 13.4. The van der Waals surface area contributed by atoms with Gasteiger partial charge in [0.05, 0.1) is 16.5 Å². The first-order chi connectivity index (χ1) is 11.5. The van der Waals surface area contributed by atoms with Gasteiger partial charge in [-0.15, -0.1) is 0 Å². The summed E-state index contributed by atoms with van der Waals surface area (Å²) in [6, 6.07) is 12.8. The van der Waals surface area contributed by atoms with Crippen LogP contribution >= 0.6 is 0 Å². The van der Waals surface area contributed by atoms with Gasteiger partial charge in [0.15, 0.2) is 0 Å². The predicted molar refractivity (Wildman–Crippen MR) is 86.8 cm³/mol. The van der Waals surface area contributed by atoms with E-state index in [1.165, 1.54) is 18.2 Å². The second-order valence-corrected chi connectivity index (χ2v) is 7.00. The highest BCUT2D eigenvalue weighted by Crippen LogP contribution is 2.27. The molecule has 0 aromatic heterocycles. The van der Waals surface area contributed by atoms with Crippen LogP contribution in [0.1, 0.15) is 16.7 Å². The maximum atomic E-state index is 13.7. The number of nitrogens with one attached hydrogen (secondary N) is 1. The lowest BCUT2D eigenvalue weighted by molar-refractivity contribution is 0.353. The fourth-order valence-electron chi connectivity index (χ4n) is 2.30. The molecule has 1 aliphatic rings. The fourth-order valence-corrected chi connectivity index (χ4v) is 3.32. The number of ether oxygens (including phenoxy) is 1. The summed E-state index contributed by atoms with van der Waals surface area (Å²) < 4.78 is 46.3. The smallest absolute Gasteiger partial charge is 0.240 e. The first kappa shape index (κ1) is 16.2. The molecule has 1 heterocycles. The van der Waals surface area contributed by atoms with Crippen molar-refractivity contribution < 1.29 is 17.5 Å². The molecule has 0 aliphatic carbocycles. The Kier molecular flexibility index (Phi) is 4.34. The number of nitrogens with zero attached hydrogens (tertiary/aromatic N) is 1. The van der Waals surface area contributed by atoms with Crippen LogP contribution in [-0.4, -0.2) is 15.0 Å². The van der Waals surface area contributed by atoms with E-state index in [1.807, 2.05) is 6.07 Å². The van der Waals surface area contributed by atoms with Crippen LogP contribution in [0.4, 0.5) is 4.39 Å². The van der Waals surface area contributed by atoms with Crippen molar-refractivity contribution in [2.24, 2.45) is 0 Å². The number of fused-ring (bicyclic) bond motifs is 1. The minimum absolute atomic E-state index is 0.0676. The van der Waals surface area contributed by atoms with Gasteiger partial charge < -0.3 is 4.74 Å². The van der Waals surface area contributed by atoms with Crippen LogP contribution in [0.15, 0.2) is 47.4 Å². The monoisotopic (exact) mass is 344 g/mol. The molecule has 0 spiro atoms. The van der Waals surface area contributed by atoms with Gasteiger partial charge in [0.1, 0.15) is 18.2 Å². The molecule has 24 heavy (non-hydrogen) atoms. The van der Waals surface area contributed by atoms with Crippen LogP contribution < -0.4 is 9.46 Å². The number of sulfonamides is 1. The lowest BCUT2D eigenvalue weighted by atomic mass is 10.1. The molecule has 3 rings (SSSR count). The van der Waals surface area contributed by atoms with Gasteiger partial charge in [0, 0.05) is 17.7 Å². The summed E-state index contributed by atoms with van der Waals surface area (Å²) in [6.07, 6.45) is 1.53. The van der Waals surface area contributed by atoms with E-state index in [-0.39, 0.29) is 29.2 Å². The van der Waals surface area contributed by atoms with Gasteiger partial charge in [-0.25, -0.2) is 17.5 Å². The Hall–Kier alpha value is -2.69. The average molecular weight is 344 g/mol. The Labute approximate surface area is 139 Å². The summed E-state index contributed by atoms with van der Waals surface area (Å²) in [5, 5.41) is 8.84. The summed E-state index contributed by atoms with van der Waals surface area (Å²) in [6.45, 7) is -0.338. The zero-order valence-electron chi connectivity index (χ0n) is 12.5. The van der Waals surface area contributed by atoms with E-state index < -0.39 is 15.8 Å². The molecule has 2 aromatic carbocycles. The summed E-state index contributed by atoms with van der Waals surface area (Å²) >= 11 is 0. The maximum absolute atomic E-state index is 13.7. The van der Waals surface area contributed by atoms with Gasteiger partial charge in [0.25, 0.3) is 0 Å². The lowest BCUT2D eigenvalue weighted by Crippen LogP contribution is -2.28. The number of hydrogen-bond donors (Lipinski definition) is 1. The second-order valence-electron chi connectivity index (χ2n) is 5.18. The minimum atomic E-state index is -3.82. The molecule has 0 radical (unpaired) electrons. The van der Waals surface area contributed by atoms with Crippen molar-refractivity contribution in [2.75, 3.05) is 6.61 Å². The SMILES string of the molecule is N#Cc1ccc(F)c(CNS(=O)(=O)C2=Cc3ccccc3OC2)c1. The lowest BCUT2D eigenvalue weighted by Gasteiger charge is -2.18. The Morgan fingerprint density at radius 1 is 1.25 bits per heavy atom. The Balaban J connectivity index is 1.81. The third kappa shape index (κ3) is 3.30. The van der Waals surface area contributed by atoms with Gasteiger partial charge >= 0.3 is 0 Å². The second kappa shape index (κ2) is 6.43. The van der Waals surface area contributed by atoms with Crippen molar-refractivity contribution in [3.8, 4) is 11.8 Å². The molecule has 122 valence electrons. The van der Waals surface area contributed by atoms with Crippen molar-refractivity contribution in [3.05, 3.63) is 69.9 Å². The molecule has 1 N–H and O–H groups in total. The van der Waals surface area contributed by atoms with Crippen LogP contribution in [0.3, 0.4) is 0 Å². The maximum Gasteiger partial charge on any atom is 0.240 e. The Bertz CT molecular complexity index is 962. The first-order valence-corrected chi connectivity index (χ1v) is 8.58. The van der Waals surface area contributed by atoms with Crippen LogP contribution in [0.25, 0.3) is 6.08 Å². The highest BCUT2D eigenvalue weighted by Gasteiger charge is 2.22. The number of hydrogen-bond acceptors (Lipinski definition) is 4. The number of rotatable bonds is 4. The van der Waals surface area contributed by atoms with Gasteiger partial charge in [-0.2, -0.15) is 5.26 Å². The largest absolute Gasteiger partial charge is 0.487 e. The summed E-state index contributed by atoms with van der Waals surface area (Å²) in [5.41, 5.74) is 1.04. The standard InChI is InChI=1S/C17H13FN2O3S/c18-16-6-5-12(9-19)7-14(16)10-20-24(21,22)15-8-13-3-1-2-4-17(13)23-11-15/h1-8,20H,10-11H2. The first-order valence-electron chi connectivity index (χ1n) is 7.10. The van der Waals surface area contributed by atoms with Crippen molar-refractivity contribution in [2.45, 2.75) is 6.54 Å². The van der Waals surface area contributed by atoms with Gasteiger partial charge in [-0.3, -0.25) is 0 Å². The molecule has 0 amide bonds. The average Bonchev–Trinajstić information content (AvgIpc) is 2.60. The molecule has 1 aliphatic heterocycles. The van der Waals surface area contributed by atoms with E-state index in [9.17, 15) is 12.8 Å². The summed E-state index contributed by atoms with van der Waals surface area (Å²) in [4.78, 5) is 0.0676. The fraction of sp³-hybridized carbons (Fsp3) is 0.118. The van der Waals surface area contributed by atoms with Gasteiger partial charge in [0.2, 0.25) is 10.0 Å². The number of halogens is 1. The molecule has 0 fully saturated rings. The molecule has 0 bridgehead atoms. The predicted octanol–water partition coefficient (Wildman–Crippen LogP) is 2.55. The van der Waals surface area contributed by atoms with Crippen molar-refractivity contribution in [1.82, 2.24) is 4.72 Å². The molecule has 7 heteroatoms. The third-order valence-electron chi connectivity index (χ3n) is 3.58. The van der Waals surface area contributed by atoms with Crippen LogP contribution in [-0.2, 0) is 16.6 Å². The summed E-state index contributed by atoms with van der Waals surface area (Å²) in [5.74, 6) is 0.0418. The third-order valence-corrected chi connectivity index (χ3v) is 5.03. The van der Waals surface area contributed by atoms with E-state index in [0.29, 0.717) is 11.3 Å². The van der Waals surface area contributed by atoms with Crippen molar-refractivity contribution in [1.29, 1.82) is 5.26 Å². The van der Waals surface area contributed by atoms with Crippen LogP contribution in [0.5, 0.6) is 5.75 Å². The number of benzene rings is 2. The molecular weight excluding hydrogens is 331 g/mol. The quantitative estimate of drug-likeness (QED) is 0.924. The molecular formula is C17H13FN2O3S. The van der Waals surface area contributed by atoms with E-state index in [4.69, 9.17) is 10.00 Å². The number of nitriles is 1. The Morgan fingerprint density at radius 2 is 2.04 bits per heavy atom. The molecule has 0 saturated carbocycles. The zero-order chi connectivity index (χ0) is 17.2. The van der Waals surface area contributed by atoms with Crippen molar-refractivity contribution in [3.63, 3.8) is 0 Å². The highest BCUT2D eigenvalue weighted by molar-refractivity contribution is 7.93. The van der Waals surface area contributed by atoms with E-state index in [1.54, 1.807) is 24.3 Å². The molecule has 0 atom stereocenters.